The maximum Gasteiger partial charge on any atom is 0.263 e. The molecule has 0 heterocycles. The van der Waals surface area contributed by atoms with E-state index in [0.29, 0.717) is 11.4 Å². The average molecular weight is 381 g/mol. The molecule has 2 rings (SSSR count). The second-order valence-corrected chi connectivity index (χ2v) is 8.88. The lowest BCUT2D eigenvalue weighted by Gasteiger charge is -2.18. The Kier molecular flexibility index (Phi) is 5.44. The molecule has 0 aromatic heterocycles. The van der Waals surface area contributed by atoms with Crippen molar-refractivity contribution in [1.29, 1.82) is 0 Å². The number of benzene rings is 2. The number of anilines is 2. The fourth-order valence-electron chi connectivity index (χ4n) is 2.01. The summed E-state index contributed by atoms with van der Waals surface area (Å²) >= 11 is 6.05. The third kappa shape index (κ3) is 4.96. The van der Waals surface area contributed by atoms with E-state index in [4.69, 9.17) is 11.6 Å². The van der Waals surface area contributed by atoms with Gasteiger partial charge in [-0.15, -0.1) is 0 Å². The molecule has 2 aromatic carbocycles. The average Bonchev–Trinajstić information content (AvgIpc) is 2.45. The zero-order chi connectivity index (χ0) is 18.8. The smallest absolute Gasteiger partial charge is 0.263 e. The van der Waals surface area contributed by atoms with Gasteiger partial charge in [0.25, 0.3) is 10.0 Å². The summed E-state index contributed by atoms with van der Waals surface area (Å²) in [5, 5.41) is 2.92. The number of aryl methyl sites for hydroxylation is 1. The molecule has 5 nitrogen and oxygen atoms in total. The number of amides is 1. The van der Waals surface area contributed by atoms with Crippen LogP contribution in [0.3, 0.4) is 0 Å². The first kappa shape index (κ1) is 19.3. The van der Waals surface area contributed by atoms with Crippen LogP contribution in [-0.2, 0) is 14.8 Å². The van der Waals surface area contributed by atoms with Crippen molar-refractivity contribution in [3.8, 4) is 0 Å². The van der Waals surface area contributed by atoms with Crippen LogP contribution in [-0.4, -0.2) is 14.3 Å². The van der Waals surface area contributed by atoms with Gasteiger partial charge in [-0.3, -0.25) is 9.52 Å². The number of nitrogens with one attached hydrogen (secondary N) is 2. The molecule has 0 aliphatic heterocycles. The Bertz CT molecular complexity index is 903. The largest absolute Gasteiger partial charge is 0.326 e. The van der Waals surface area contributed by atoms with Gasteiger partial charge < -0.3 is 5.32 Å². The number of carbonyl (C=O) groups is 1. The molecule has 0 bridgehead atoms. The highest BCUT2D eigenvalue weighted by Gasteiger charge is 2.22. The van der Waals surface area contributed by atoms with E-state index in [9.17, 15) is 13.2 Å². The fraction of sp³-hybridized carbons (Fsp3) is 0.278. The molecule has 0 spiro atoms. The lowest BCUT2D eigenvalue weighted by atomic mass is 9.95. The first-order chi connectivity index (χ1) is 11.5. The number of sulfonamides is 1. The van der Waals surface area contributed by atoms with Gasteiger partial charge in [-0.05, 0) is 42.8 Å². The molecule has 0 aliphatic carbocycles. The summed E-state index contributed by atoms with van der Waals surface area (Å²) in [5.74, 6) is -0.158. The van der Waals surface area contributed by atoms with E-state index in [0.717, 1.165) is 5.56 Å². The normalized spacial score (nSPS) is 11.9. The zero-order valence-electron chi connectivity index (χ0n) is 14.6. The predicted molar refractivity (Wildman–Crippen MR) is 102 cm³/mol. The Morgan fingerprint density at radius 3 is 2.28 bits per heavy atom. The first-order valence-corrected chi connectivity index (χ1v) is 9.56. The monoisotopic (exact) mass is 380 g/mol. The fourth-order valence-corrected chi connectivity index (χ4v) is 3.66. The lowest BCUT2D eigenvalue weighted by Crippen LogP contribution is -2.27. The minimum atomic E-state index is -3.83. The van der Waals surface area contributed by atoms with E-state index in [-0.39, 0.29) is 15.8 Å². The molecule has 2 aromatic rings. The van der Waals surface area contributed by atoms with Crippen LogP contribution in [0.1, 0.15) is 26.3 Å². The quantitative estimate of drug-likeness (QED) is 0.823. The van der Waals surface area contributed by atoms with E-state index in [1.54, 1.807) is 57.2 Å². The van der Waals surface area contributed by atoms with E-state index < -0.39 is 15.4 Å². The number of carbonyl (C=O) groups excluding carboxylic acids is 1. The molecule has 134 valence electrons. The lowest BCUT2D eigenvalue weighted by molar-refractivity contribution is -0.123. The van der Waals surface area contributed by atoms with Gasteiger partial charge in [0.15, 0.2) is 0 Å². The van der Waals surface area contributed by atoms with Gasteiger partial charge in [0.05, 0.1) is 10.7 Å². The van der Waals surface area contributed by atoms with E-state index in [1.165, 1.54) is 6.07 Å². The molecule has 0 saturated heterocycles. The topological polar surface area (TPSA) is 75.3 Å². The van der Waals surface area contributed by atoms with Crippen LogP contribution in [0.5, 0.6) is 0 Å². The molecule has 1 amide bonds. The van der Waals surface area contributed by atoms with Gasteiger partial charge in [-0.2, -0.15) is 0 Å². The summed E-state index contributed by atoms with van der Waals surface area (Å²) in [6, 6.07) is 11.3. The number of hydrogen-bond acceptors (Lipinski definition) is 3. The summed E-state index contributed by atoms with van der Waals surface area (Å²) in [5.41, 5.74) is 1.17. The van der Waals surface area contributed by atoms with Crippen LogP contribution < -0.4 is 10.0 Å². The molecule has 7 heteroatoms. The molecular weight excluding hydrogens is 360 g/mol. The van der Waals surface area contributed by atoms with E-state index in [2.05, 4.69) is 10.0 Å². The van der Waals surface area contributed by atoms with Crippen molar-refractivity contribution < 1.29 is 13.2 Å². The van der Waals surface area contributed by atoms with E-state index in [1.807, 2.05) is 6.92 Å². The SMILES string of the molecule is Cc1ccc(S(=O)(=O)Nc2cccc(NC(=O)C(C)(C)C)c2)c(Cl)c1. The molecule has 0 saturated carbocycles. The van der Waals surface area contributed by atoms with Gasteiger partial charge in [-0.25, -0.2) is 8.42 Å². The predicted octanol–water partition coefficient (Wildman–Crippen LogP) is 4.43. The van der Waals surface area contributed by atoms with Gasteiger partial charge in [-0.1, -0.05) is 44.5 Å². The van der Waals surface area contributed by atoms with Crippen LogP contribution in [0.15, 0.2) is 47.4 Å². The second-order valence-electron chi connectivity index (χ2n) is 6.82. The van der Waals surface area contributed by atoms with Crippen LogP contribution in [0.25, 0.3) is 0 Å². The van der Waals surface area contributed by atoms with E-state index >= 15 is 0 Å². The molecular formula is C18H21ClN2O3S. The van der Waals surface area contributed by atoms with Gasteiger partial charge >= 0.3 is 0 Å². The highest BCUT2D eigenvalue weighted by molar-refractivity contribution is 7.92. The Morgan fingerprint density at radius 2 is 1.68 bits per heavy atom. The van der Waals surface area contributed by atoms with Gasteiger partial charge in [0, 0.05) is 11.1 Å². The number of rotatable bonds is 4. The number of hydrogen-bond donors (Lipinski definition) is 2. The zero-order valence-corrected chi connectivity index (χ0v) is 16.1. The van der Waals surface area contributed by atoms with Crippen molar-refractivity contribution in [2.45, 2.75) is 32.6 Å². The molecule has 0 radical (unpaired) electrons. The van der Waals surface area contributed by atoms with Crippen molar-refractivity contribution in [3.63, 3.8) is 0 Å². The highest BCUT2D eigenvalue weighted by Crippen LogP contribution is 2.26. The third-order valence-electron chi connectivity index (χ3n) is 3.43. The molecule has 0 atom stereocenters. The molecule has 0 fully saturated rings. The molecule has 0 unspecified atom stereocenters. The first-order valence-electron chi connectivity index (χ1n) is 7.69. The van der Waals surface area contributed by atoms with Crippen molar-refractivity contribution in [2.24, 2.45) is 5.41 Å². The van der Waals surface area contributed by atoms with Crippen molar-refractivity contribution in [1.82, 2.24) is 0 Å². The molecule has 25 heavy (non-hydrogen) atoms. The van der Waals surface area contributed by atoms with Gasteiger partial charge in [0.2, 0.25) is 5.91 Å². The van der Waals surface area contributed by atoms with Crippen LogP contribution >= 0.6 is 11.6 Å². The standard InChI is InChI=1S/C18H21ClN2O3S/c1-12-8-9-16(15(19)10-12)25(23,24)21-14-7-5-6-13(11-14)20-17(22)18(2,3)4/h5-11,21H,1-4H3,(H,20,22). The van der Waals surface area contributed by atoms with Crippen LogP contribution in [0, 0.1) is 12.3 Å². The van der Waals surface area contributed by atoms with Crippen molar-refractivity contribution in [3.05, 3.63) is 53.1 Å². The van der Waals surface area contributed by atoms with Crippen molar-refractivity contribution >= 4 is 38.9 Å². The Labute approximate surface area is 153 Å². The minimum Gasteiger partial charge on any atom is -0.326 e. The summed E-state index contributed by atoms with van der Waals surface area (Å²) in [7, 11) is -3.83. The number of halogens is 1. The third-order valence-corrected chi connectivity index (χ3v) is 5.29. The van der Waals surface area contributed by atoms with Crippen LogP contribution in [0.2, 0.25) is 5.02 Å². The highest BCUT2D eigenvalue weighted by atomic mass is 35.5. The van der Waals surface area contributed by atoms with Crippen molar-refractivity contribution in [2.75, 3.05) is 10.0 Å². The second kappa shape index (κ2) is 7.06. The Balaban J connectivity index is 2.25. The maximum atomic E-state index is 12.5. The Hall–Kier alpha value is -2.05. The summed E-state index contributed by atoms with van der Waals surface area (Å²) in [6.07, 6.45) is 0. The Morgan fingerprint density at radius 1 is 1.04 bits per heavy atom. The van der Waals surface area contributed by atoms with Gasteiger partial charge in [0.1, 0.15) is 4.90 Å². The maximum absolute atomic E-state index is 12.5. The summed E-state index contributed by atoms with van der Waals surface area (Å²) in [4.78, 5) is 12.1. The molecule has 0 aliphatic rings. The minimum absolute atomic E-state index is 0.00361. The molecule has 2 N–H and O–H groups in total. The summed E-state index contributed by atoms with van der Waals surface area (Å²) < 4.78 is 27.6. The van der Waals surface area contributed by atoms with Crippen LogP contribution in [0.4, 0.5) is 11.4 Å². The summed E-state index contributed by atoms with van der Waals surface area (Å²) in [6.45, 7) is 7.23.